The molecular formula is C20H26ClN3O. The van der Waals surface area contributed by atoms with Crippen LogP contribution in [0.4, 0.5) is 0 Å². The zero-order valence-electron chi connectivity index (χ0n) is 15.1. The third-order valence-corrected chi connectivity index (χ3v) is 3.92. The highest BCUT2D eigenvalue weighted by molar-refractivity contribution is 6.30. The molecule has 0 heterocycles. The number of aliphatic imine (C=N–C) groups is 1. The van der Waals surface area contributed by atoms with Crippen molar-refractivity contribution in [3.8, 4) is 0 Å². The van der Waals surface area contributed by atoms with Crippen molar-refractivity contribution >= 4 is 17.6 Å². The number of hydrogen-bond donors (Lipinski definition) is 2. The van der Waals surface area contributed by atoms with E-state index in [2.05, 4.69) is 39.9 Å². The van der Waals surface area contributed by atoms with Gasteiger partial charge in [-0.1, -0.05) is 48.0 Å². The number of benzene rings is 2. The standard InChI is InChI=1S/C20H26ClN3O/c1-15(2)25-14-18-6-4-16(5-7-18)12-23-20(22-3)24-13-17-8-10-19(21)11-9-17/h4-11,15H,12-14H2,1-3H3,(H2,22,23,24). The second-order valence-corrected chi connectivity index (χ2v) is 6.52. The van der Waals surface area contributed by atoms with Crippen LogP contribution in [0.5, 0.6) is 0 Å². The number of halogens is 1. The molecule has 0 saturated heterocycles. The van der Waals surface area contributed by atoms with Crippen LogP contribution in [0.1, 0.15) is 30.5 Å². The Bertz CT molecular complexity index is 666. The molecule has 0 amide bonds. The molecule has 4 nitrogen and oxygen atoms in total. The monoisotopic (exact) mass is 359 g/mol. The van der Waals surface area contributed by atoms with Crippen molar-refractivity contribution in [2.24, 2.45) is 4.99 Å². The maximum atomic E-state index is 5.90. The Labute approximate surface area is 155 Å². The lowest BCUT2D eigenvalue weighted by atomic mass is 10.1. The van der Waals surface area contributed by atoms with Gasteiger partial charge in [-0.05, 0) is 42.7 Å². The zero-order chi connectivity index (χ0) is 18.1. The van der Waals surface area contributed by atoms with E-state index in [-0.39, 0.29) is 6.10 Å². The Kier molecular flexibility index (Phi) is 7.76. The van der Waals surface area contributed by atoms with Crippen LogP contribution in [0, 0.1) is 0 Å². The summed E-state index contributed by atoms with van der Waals surface area (Å²) in [6.07, 6.45) is 0.247. The van der Waals surface area contributed by atoms with Gasteiger partial charge in [0, 0.05) is 25.2 Å². The highest BCUT2D eigenvalue weighted by Crippen LogP contribution is 2.09. The summed E-state index contributed by atoms with van der Waals surface area (Å²) in [4.78, 5) is 4.25. The topological polar surface area (TPSA) is 45.7 Å². The Morgan fingerprint density at radius 2 is 1.40 bits per heavy atom. The van der Waals surface area contributed by atoms with Crippen LogP contribution in [0.2, 0.25) is 5.02 Å². The fourth-order valence-electron chi connectivity index (χ4n) is 2.21. The highest BCUT2D eigenvalue weighted by atomic mass is 35.5. The van der Waals surface area contributed by atoms with Gasteiger partial charge in [0.15, 0.2) is 5.96 Å². The molecule has 0 atom stereocenters. The van der Waals surface area contributed by atoms with E-state index in [1.165, 1.54) is 11.1 Å². The average molecular weight is 360 g/mol. The summed E-state index contributed by atoms with van der Waals surface area (Å²) < 4.78 is 5.61. The molecule has 25 heavy (non-hydrogen) atoms. The van der Waals surface area contributed by atoms with Gasteiger partial charge < -0.3 is 15.4 Å². The van der Waals surface area contributed by atoms with Crippen LogP contribution in [0.3, 0.4) is 0 Å². The lowest BCUT2D eigenvalue weighted by molar-refractivity contribution is 0.0657. The Morgan fingerprint density at radius 1 is 0.920 bits per heavy atom. The normalized spacial score (nSPS) is 11.6. The third-order valence-electron chi connectivity index (χ3n) is 3.66. The van der Waals surface area contributed by atoms with Crippen molar-refractivity contribution in [1.82, 2.24) is 10.6 Å². The molecule has 2 N–H and O–H groups in total. The van der Waals surface area contributed by atoms with Crippen LogP contribution >= 0.6 is 11.6 Å². The summed E-state index contributed by atoms with van der Waals surface area (Å²) in [6, 6.07) is 16.2. The number of guanidine groups is 1. The van der Waals surface area contributed by atoms with E-state index < -0.39 is 0 Å². The maximum Gasteiger partial charge on any atom is 0.191 e. The minimum Gasteiger partial charge on any atom is -0.374 e. The van der Waals surface area contributed by atoms with E-state index in [4.69, 9.17) is 16.3 Å². The van der Waals surface area contributed by atoms with Gasteiger partial charge in [-0.15, -0.1) is 0 Å². The van der Waals surface area contributed by atoms with E-state index >= 15 is 0 Å². The molecule has 2 aromatic carbocycles. The van der Waals surface area contributed by atoms with Gasteiger partial charge in [-0.25, -0.2) is 0 Å². The fraction of sp³-hybridized carbons (Fsp3) is 0.350. The Balaban J connectivity index is 1.79. The first-order valence-corrected chi connectivity index (χ1v) is 8.83. The van der Waals surface area contributed by atoms with E-state index in [0.717, 1.165) is 16.5 Å². The van der Waals surface area contributed by atoms with Crippen LogP contribution in [0.15, 0.2) is 53.5 Å². The van der Waals surface area contributed by atoms with E-state index in [1.807, 2.05) is 38.1 Å². The van der Waals surface area contributed by atoms with Gasteiger partial charge in [0.1, 0.15) is 0 Å². The molecule has 0 aliphatic carbocycles. The Morgan fingerprint density at radius 3 is 1.88 bits per heavy atom. The minimum atomic E-state index is 0.247. The van der Waals surface area contributed by atoms with Crippen LogP contribution < -0.4 is 10.6 Å². The number of nitrogens with one attached hydrogen (secondary N) is 2. The van der Waals surface area contributed by atoms with Crippen molar-refractivity contribution in [2.45, 2.75) is 39.6 Å². The summed E-state index contributed by atoms with van der Waals surface area (Å²) in [5.74, 6) is 0.766. The molecule has 2 aromatic rings. The molecule has 0 aliphatic heterocycles. The minimum absolute atomic E-state index is 0.247. The average Bonchev–Trinajstić information content (AvgIpc) is 2.62. The smallest absolute Gasteiger partial charge is 0.191 e. The van der Waals surface area contributed by atoms with Crippen LogP contribution in [0.25, 0.3) is 0 Å². The molecule has 0 spiro atoms. The Hall–Kier alpha value is -2.04. The second-order valence-electron chi connectivity index (χ2n) is 6.08. The van der Waals surface area contributed by atoms with Crippen molar-refractivity contribution in [3.63, 3.8) is 0 Å². The lowest BCUT2D eigenvalue weighted by Crippen LogP contribution is -2.36. The van der Waals surface area contributed by atoms with E-state index in [1.54, 1.807) is 7.05 Å². The first-order valence-electron chi connectivity index (χ1n) is 8.45. The largest absolute Gasteiger partial charge is 0.374 e. The third kappa shape index (κ3) is 7.16. The summed E-state index contributed by atoms with van der Waals surface area (Å²) in [5, 5.41) is 7.36. The first-order chi connectivity index (χ1) is 12.1. The van der Waals surface area contributed by atoms with Crippen molar-refractivity contribution in [2.75, 3.05) is 7.05 Å². The predicted molar refractivity (Wildman–Crippen MR) is 105 cm³/mol. The van der Waals surface area contributed by atoms with Gasteiger partial charge in [-0.3, -0.25) is 4.99 Å². The number of hydrogen-bond acceptors (Lipinski definition) is 2. The van der Waals surface area contributed by atoms with Crippen molar-refractivity contribution in [1.29, 1.82) is 0 Å². The molecule has 0 radical (unpaired) electrons. The number of rotatable bonds is 7. The van der Waals surface area contributed by atoms with Gasteiger partial charge >= 0.3 is 0 Å². The summed E-state index contributed by atoms with van der Waals surface area (Å²) in [5.41, 5.74) is 3.53. The number of ether oxygens (including phenoxy) is 1. The number of nitrogens with zero attached hydrogens (tertiary/aromatic N) is 1. The van der Waals surface area contributed by atoms with Gasteiger partial charge in [0.05, 0.1) is 12.7 Å². The molecule has 0 unspecified atom stereocenters. The fourth-order valence-corrected chi connectivity index (χ4v) is 2.34. The van der Waals surface area contributed by atoms with Crippen LogP contribution in [-0.4, -0.2) is 19.1 Å². The van der Waals surface area contributed by atoms with Gasteiger partial charge in [0.25, 0.3) is 0 Å². The maximum absolute atomic E-state index is 5.90. The summed E-state index contributed by atoms with van der Waals surface area (Å²) in [6.45, 7) is 6.14. The molecule has 0 aliphatic rings. The molecule has 0 fully saturated rings. The zero-order valence-corrected chi connectivity index (χ0v) is 15.8. The van der Waals surface area contributed by atoms with Crippen molar-refractivity contribution in [3.05, 3.63) is 70.2 Å². The van der Waals surface area contributed by atoms with E-state index in [0.29, 0.717) is 19.7 Å². The summed E-state index contributed by atoms with van der Waals surface area (Å²) in [7, 11) is 1.77. The molecule has 5 heteroatoms. The second kappa shape index (κ2) is 10.1. The summed E-state index contributed by atoms with van der Waals surface area (Å²) >= 11 is 5.90. The quantitative estimate of drug-likeness (QED) is 0.577. The molecule has 0 bridgehead atoms. The molecular weight excluding hydrogens is 334 g/mol. The molecule has 134 valence electrons. The highest BCUT2D eigenvalue weighted by Gasteiger charge is 2.01. The van der Waals surface area contributed by atoms with Gasteiger partial charge in [-0.2, -0.15) is 0 Å². The van der Waals surface area contributed by atoms with Gasteiger partial charge in [0.2, 0.25) is 0 Å². The predicted octanol–water partition coefficient (Wildman–Crippen LogP) is 4.13. The lowest BCUT2D eigenvalue weighted by Gasteiger charge is -2.13. The van der Waals surface area contributed by atoms with Crippen LogP contribution in [-0.2, 0) is 24.4 Å². The van der Waals surface area contributed by atoms with E-state index in [9.17, 15) is 0 Å². The van der Waals surface area contributed by atoms with Crippen molar-refractivity contribution < 1.29 is 4.74 Å². The molecule has 0 aromatic heterocycles. The molecule has 0 saturated carbocycles. The molecule has 2 rings (SSSR count). The first kappa shape index (κ1) is 19.3. The SMILES string of the molecule is CN=C(NCc1ccc(Cl)cc1)NCc1ccc(COC(C)C)cc1.